The Balaban J connectivity index is 3.03. The van der Waals surface area contributed by atoms with Crippen LogP contribution in [-0.4, -0.2) is 16.9 Å². The van der Waals surface area contributed by atoms with Crippen molar-refractivity contribution in [2.45, 2.75) is 19.9 Å². The van der Waals surface area contributed by atoms with Crippen molar-refractivity contribution in [2.24, 2.45) is 0 Å². The molecule has 0 aliphatic heterocycles. The first kappa shape index (κ1) is 12.9. The van der Waals surface area contributed by atoms with Gasteiger partial charge in [-0.25, -0.2) is 0 Å². The van der Waals surface area contributed by atoms with Gasteiger partial charge >= 0.3 is 0 Å². The molecule has 1 aromatic carbocycles. The van der Waals surface area contributed by atoms with Gasteiger partial charge in [-0.05, 0) is 48.6 Å². The van der Waals surface area contributed by atoms with Crippen LogP contribution in [0.4, 0.5) is 5.69 Å². The van der Waals surface area contributed by atoms with Gasteiger partial charge in [-0.3, -0.25) is 14.9 Å². The number of nitro benzene ring substituents is 1. The van der Waals surface area contributed by atoms with Crippen molar-refractivity contribution in [3.63, 3.8) is 0 Å². The Morgan fingerprint density at radius 1 is 1.50 bits per heavy atom. The second kappa shape index (κ2) is 5.24. The van der Waals surface area contributed by atoms with Crippen molar-refractivity contribution in [1.82, 2.24) is 5.32 Å². The molecule has 1 amide bonds. The summed E-state index contributed by atoms with van der Waals surface area (Å²) in [5.41, 5.74) is 0.262. The monoisotopic (exact) mass is 334 g/mol. The molecule has 0 aliphatic carbocycles. The third kappa shape index (κ3) is 3.16. The van der Waals surface area contributed by atoms with Crippen LogP contribution < -0.4 is 5.32 Å². The van der Waals surface area contributed by atoms with Gasteiger partial charge in [-0.15, -0.1) is 0 Å². The number of carbonyl (C=O) groups is 1. The summed E-state index contributed by atoms with van der Waals surface area (Å²) in [6.07, 6.45) is 0. The zero-order chi connectivity index (χ0) is 12.3. The fraction of sp³-hybridized carbons (Fsp3) is 0.300. The summed E-state index contributed by atoms with van der Waals surface area (Å²) >= 11 is 1.87. The Morgan fingerprint density at radius 3 is 2.62 bits per heavy atom. The predicted molar refractivity (Wildman–Crippen MR) is 68.4 cm³/mol. The minimum Gasteiger partial charge on any atom is -0.350 e. The van der Waals surface area contributed by atoms with Crippen molar-refractivity contribution < 1.29 is 9.72 Å². The number of rotatable bonds is 3. The van der Waals surface area contributed by atoms with E-state index in [-0.39, 0.29) is 17.6 Å². The molecule has 0 radical (unpaired) electrons. The molecule has 0 saturated carbocycles. The van der Waals surface area contributed by atoms with E-state index in [0.717, 1.165) is 0 Å². The molecule has 0 atom stereocenters. The van der Waals surface area contributed by atoms with E-state index in [1.54, 1.807) is 12.1 Å². The van der Waals surface area contributed by atoms with E-state index in [1.165, 1.54) is 6.07 Å². The molecule has 0 aliphatic rings. The maximum absolute atomic E-state index is 11.6. The van der Waals surface area contributed by atoms with Gasteiger partial charge in [0.1, 0.15) is 0 Å². The molecule has 0 aromatic heterocycles. The summed E-state index contributed by atoms with van der Waals surface area (Å²) in [7, 11) is 0. The van der Waals surface area contributed by atoms with Gasteiger partial charge in [0.05, 0.1) is 8.49 Å². The van der Waals surface area contributed by atoms with Crippen LogP contribution in [0.2, 0.25) is 0 Å². The lowest BCUT2D eigenvalue weighted by Gasteiger charge is -2.08. The number of benzene rings is 1. The van der Waals surface area contributed by atoms with E-state index < -0.39 is 4.92 Å². The number of carbonyl (C=O) groups excluding carboxylic acids is 1. The molecule has 5 nitrogen and oxygen atoms in total. The number of nitrogens with zero attached hydrogens (tertiary/aromatic N) is 1. The van der Waals surface area contributed by atoms with Gasteiger partial charge in [0.2, 0.25) is 0 Å². The molecule has 1 rings (SSSR count). The zero-order valence-electron chi connectivity index (χ0n) is 8.86. The Morgan fingerprint density at radius 2 is 2.12 bits per heavy atom. The highest BCUT2D eigenvalue weighted by Crippen LogP contribution is 2.21. The molecule has 0 saturated heterocycles. The molecule has 0 heterocycles. The third-order valence-electron chi connectivity index (χ3n) is 1.82. The Bertz CT molecular complexity index is 432. The summed E-state index contributed by atoms with van der Waals surface area (Å²) in [5.74, 6) is -0.297. The maximum atomic E-state index is 11.6. The Hall–Kier alpha value is -1.18. The highest BCUT2D eigenvalue weighted by Gasteiger charge is 2.15. The Kier molecular flexibility index (Phi) is 4.22. The van der Waals surface area contributed by atoms with Crippen LogP contribution in [0.15, 0.2) is 18.2 Å². The molecule has 0 bridgehead atoms. The molecule has 86 valence electrons. The summed E-state index contributed by atoms with van der Waals surface area (Å²) in [4.78, 5) is 21.8. The Labute approximate surface area is 107 Å². The van der Waals surface area contributed by atoms with Crippen molar-refractivity contribution in [3.8, 4) is 0 Å². The largest absolute Gasteiger partial charge is 0.350 e. The van der Waals surface area contributed by atoms with Crippen LogP contribution in [0, 0.1) is 13.7 Å². The van der Waals surface area contributed by atoms with Crippen molar-refractivity contribution in [2.75, 3.05) is 0 Å². The van der Waals surface area contributed by atoms with E-state index >= 15 is 0 Å². The molecular formula is C10H11IN2O3. The van der Waals surface area contributed by atoms with Gasteiger partial charge in [0.25, 0.3) is 11.6 Å². The lowest BCUT2D eigenvalue weighted by Crippen LogP contribution is -2.30. The lowest BCUT2D eigenvalue weighted by molar-refractivity contribution is -0.385. The van der Waals surface area contributed by atoms with Crippen LogP contribution in [0.1, 0.15) is 24.2 Å². The third-order valence-corrected chi connectivity index (χ3v) is 2.74. The second-order valence-electron chi connectivity index (χ2n) is 3.55. The molecule has 0 fully saturated rings. The number of hydrogen-bond donors (Lipinski definition) is 1. The molecule has 0 spiro atoms. The maximum Gasteiger partial charge on any atom is 0.283 e. The van der Waals surface area contributed by atoms with E-state index in [0.29, 0.717) is 9.13 Å². The van der Waals surface area contributed by atoms with E-state index in [2.05, 4.69) is 5.32 Å². The number of hydrogen-bond acceptors (Lipinski definition) is 3. The SMILES string of the molecule is CC(C)NC(=O)c1ccc(I)c([N+](=O)[O-])c1. The van der Waals surface area contributed by atoms with Crippen LogP contribution >= 0.6 is 22.6 Å². The average molecular weight is 334 g/mol. The van der Waals surface area contributed by atoms with Gasteiger partial charge in [0.15, 0.2) is 0 Å². The fourth-order valence-corrected chi connectivity index (χ4v) is 1.67. The smallest absolute Gasteiger partial charge is 0.283 e. The van der Waals surface area contributed by atoms with E-state index in [1.807, 2.05) is 36.4 Å². The fourth-order valence-electron chi connectivity index (χ4n) is 1.14. The number of amides is 1. The van der Waals surface area contributed by atoms with E-state index in [4.69, 9.17) is 0 Å². The van der Waals surface area contributed by atoms with E-state index in [9.17, 15) is 14.9 Å². The normalized spacial score (nSPS) is 10.2. The van der Waals surface area contributed by atoms with Crippen LogP contribution in [0.25, 0.3) is 0 Å². The summed E-state index contributed by atoms with van der Waals surface area (Å²) in [6.45, 7) is 3.66. The highest BCUT2D eigenvalue weighted by atomic mass is 127. The van der Waals surface area contributed by atoms with Gasteiger partial charge < -0.3 is 5.32 Å². The van der Waals surface area contributed by atoms with Crippen LogP contribution in [0.5, 0.6) is 0 Å². The first-order valence-electron chi connectivity index (χ1n) is 4.66. The molecule has 1 aromatic rings. The summed E-state index contributed by atoms with van der Waals surface area (Å²) < 4.78 is 0.517. The van der Waals surface area contributed by atoms with Gasteiger partial charge in [-0.2, -0.15) is 0 Å². The zero-order valence-corrected chi connectivity index (χ0v) is 11.0. The van der Waals surface area contributed by atoms with Gasteiger partial charge in [0, 0.05) is 17.7 Å². The minimum absolute atomic E-state index is 0.00540. The highest BCUT2D eigenvalue weighted by molar-refractivity contribution is 14.1. The predicted octanol–water partition coefficient (Wildman–Crippen LogP) is 2.34. The van der Waals surface area contributed by atoms with Crippen LogP contribution in [-0.2, 0) is 0 Å². The van der Waals surface area contributed by atoms with Gasteiger partial charge in [-0.1, -0.05) is 0 Å². The summed E-state index contributed by atoms with van der Waals surface area (Å²) in [6, 6.07) is 4.44. The second-order valence-corrected chi connectivity index (χ2v) is 4.71. The molecular weight excluding hydrogens is 323 g/mol. The molecule has 1 N–H and O–H groups in total. The molecule has 6 heteroatoms. The first-order valence-corrected chi connectivity index (χ1v) is 5.74. The first-order chi connectivity index (χ1) is 7.41. The molecule has 0 unspecified atom stereocenters. The number of nitrogens with one attached hydrogen (secondary N) is 1. The molecule has 16 heavy (non-hydrogen) atoms. The standard InChI is InChI=1S/C10H11IN2O3/c1-6(2)12-10(14)7-3-4-8(11)9(5-7)13(15)16/h3-6H,1-2H3,(H,12,14). The number of halogens is 1. The minimum atomic E-state index is -0.492. The number of nitro groups is 1. The summed E-state index contributed by atoms with van der Waals surface area (Å²) in [5, 5.41) is 13.4. The van der Waals surface area contributed by atoms with Crippen LogP contribution in [0.3, 0.4) is 0 Å². The van der Waals surface area contributed by atoms with Crippen molar-refractivity contribution >= 4 is 34.2 Å². The lowest BCUT2D eigenvalue weighted by atomic mass is 10.2. The van der Waals surface area contributed by atoms with Crippen molar-refractivity contribution in [1.29, 1.82) is 0 Å². The van der Waals surface area contributed by atoms with Crippen molar-refractivity contribution in [3.05, 3.63) is 37.4 Å². The topological polar surface area (TPSA) is 72.2 Å². The average Bonchev–Trinajstić information content (AvgIpc) is 2.16. The quantitative estimate of drug-likeness (QED) is 0.524.